The van der Waals surface area contributed by atoms with E-state index in [2.05, 4.69) is 50.0 Å². The highest BCUT2D eigenvalue weighted by Crippen LogP contribution is 2.21. The first-order chi connectivity index (χ1) is 15.4. The number of amides is 2. The van der Waals surface area contributed by atoms with Gasteiger partial charge in [-0.25, -0.2) is 0 Å². The van der Waals surface area contributed by atoms with Gasteiger partial charge in [0, 0.05) is 26.4 Å². The molecule has 0 radical (unpaired) electrons. The van der Waals surface area contributed by atoms with Crippen molar-refractivity contribution in [3.05, 3.63) is 80.7 Å². The average molecular weight is 582 g/mol. The molecule has 166 valence electrons. The maximum Gasteiger partial charge on any atom is 0.251 e. The van der Waals surface area contributed by atoms with Gasteiger partial charge in [-0.3, -0.25) is 9.59 Å². The van der Waals surface area contributed by atoms with Crippen LogP contribution in [0, 0.1) is 10.5 Å². The molecule has 1 aromatic heterocycles. The van der Waals surface area contributed by atoms with Gasteiger partial charge in [-0.2, -0.15) is 0 Å². The summed E-state index contributed by atoms with van der Waals surface area (Å²) < 4.78 is 2.93. The van der Waals surface area contributed by atoms with Crippen molar-refractivity contribution in [3.63, 3.8) is 0 Å². The number of aromatic nitrogens is 3. The van der Waals surface area contributed by atoms with Crippen LogP contribution in [-0.2, 0) is 17.9 Å². The molecule has 2 amide bonds. The highest BCUT2D eigenvalue weighted by atomic mass is 127. The van der Waals surface area contributed by atoms with E-state index >= 15 is 0 Å². The third-order valence-electron chi connectivity index (χ3n) is 4.39. The lowest BCUT2D eigenvalue weighted by atomic mass is 10.2. The SMILES string of the molecule is C=CCn1c(CNC(=O)c2cccc(Cl)c2)nnc1SCC(=O)Nc1ccc(I)cc1C. The van der Waals surface area contributed by atoms with Gasteiger partial charge in [-0.15, -0.1) is 16.8 Å². The number of carbonyl (C=O) groups is 2. The van der Waals surface area contributed by atoms with Gasteiger partial charge >= 0.3 is 0 Å². The number of anilines is 1. The zero-order valence-corrected chi connectivity index (χ0v) is 21.0. The number of benzene rings is 2. The Morgan fingerprint density at radius 2 is 2.06 bits per heavy atom. The quantitative estimate of drug-likeness (QED) is 0.217. The number of hydrogen-bond acceptors (Lipinski definition) is 5. The number of halogens is 2. The minimum Gasteiger partial charge on any atom is -0.345 e. The summed E-state index contributed by atoms with van der Waals surface area (Å²) >= 11 is 9.46. The van der Waals surface area contributed by atoms with E-state index in [1.807, 2.05) is 29.7 Å². The molecule has 0 aliphatic carbocycles. The van der Waals surface area contributed by atoms with Crippen molar-refractivity contribution in [2.24, 2.45) is 0 Å². The number of nitrogens with zero attached hydrogens (tertiary/aromatic N) is 3. The molecule has 2 N–H and O–H groups in total. The van der Waals surface area contributed by atoms with Crippen molar-refractivity contribution in [3.8, 4) is 0 Å². The van der Waals surface area contributed by atoms with Gasteiger partial charge in [0.1, 0.15) is 0 Å². The summed E-state index contributed by atoms with van der Waals surface area (Å²) in [5.41, 5.74) is 2.25. The summed E-state index contributed by atoms with van der Waals surface area (Å²) in [5.74, 6) is 0.345. The second-order valence-corrected chi connectivity index (χ2v) is 9.41. The van der Waals surface area contributed by atoms with Gasteiger partial charge in [0.15, 0.2) is 11.0 Å². The zero-order chi connectivity index (χ0) is 23.1. The Kier molecular flexibility index (Phi) is 8.71. The Morgan fingerprint density at radius 1 is 1.25 bits per heavy atom. The summed E-state index contributed by atoms with van der Waals surface area (Å²) in [6, 6.07) is 12.6. The Hall–Kier alpha value is -2.37. The minimum absolute atomic E-state index is 0.136. The van der Waals surface area contributed by atoms with Crippen molar-refractivity contribution in [2.75, 3.05) is 11.1 Å². The number of aryl methyl sites for hydroxylation is 1. The van der Waals surface area contributed by atoms with Gasteiger partial charge in [-0.05, 0) is 71.5 Å². The lowest BCUT2D eigenvalue weighted by Gasteiger charge is -2.10. The molecule has 32 heavy (non-hydrogen) atoms. The van der Waals surface area contributed by atoms with Crippen molar-refractivity contribution in [1.29, 1.82) is 0 Å². The van der Waals surface area contributed by atoms with Crippen LogP contribution in [-0.4, -0.2) is 32.3 Å². The first kappa shape index (κ1) is 24.3. The van der Waals surface area contributed by atoms with Crippen LogP contribution in [0.1, 0.15) is 21.7 Å². The molecule has 0 aliphatic heterocycles. The van der Waals surface area contributed by atoms with E-state index in [0.29, 0.717) is 28.1 Å². The van der Waals surface area contributed by atoms with E-state index in [0.717, 1.165) is 14.8 Å². The van der Waals surface area contributed by atoms with Crippen LogP contribution >= 0.6 is 46.0 Å². The topological polar surface area (TPSA) is 88.9 Å². The van der Waals surface area contributed by atoms with Crippen LogP contribution in [0.5, 0.6) is 0 Å². The van der Waals surface area contributed by atoms with Crippen LogP contribution < -0.4 is 10.6 Å². The molecule has 0 saturated heterocycles. The molecule has 10 heteroatoms. The molecule has 3 aromatic rings. The molecule has 0 unspecified atom stereocenters. The van der Waals surface area contributed by atoms with Crippen molar-refractivity contribution < 1.29 is 9.59 Å². The Labute approximate surface area is 209 Å². The van der Waals surface area contributed by atoms with E-state index in [4.69, 9.17) is 11.6 Å². The molecular weight excluding hydrogens is 561 g/mol. The number of allylic oxidation sites excluding steroid dienone is 1. The minimum atomic E-state index is -0.262. The standard InChI is InChI=1S/C22H21ClIN5O2S/c1-3-9-29-19(12-25-21(31)15-5-4-6-16(23)11-15)27-28-22(29)32-13-20(30)26-18-8-7-17(24)10-14(18)2/h3-8,10-11H,1,9,12-13H2,2H3,(H,25,31)(H,26,30). The molecular formula is C22H21ClIN5O2S. The van der Waals surface area contributed by atoms with Crippen LogP contribution in [0.25, 0.3) is 0 Å². The zero-order valence-electron chi connectivity index (χ0n) is 17.3. The highest BCUT2D eigenvalue weighted by Gasteiger charge is 2.15. The Balaban J connectivity index is 1.61. The van der Waals surface area contributed by atoms with Gasteiger partial charge in [-0.1, -0.05) is 35.5 Å². The summed E-state index contributed by atoms with van der Waals surface area (Å²) in [7, 11) is 0. The van der Waals surface area contributed by atoms with E-state index in [-0.39, 0.29) is 24.1 Å². The molecule has 0 atom stereocenters. The summed E-state index contributed by atoms with van der Waals surface area (Å²) in [6.45, 7) is 6.36. The van der Waals surface area contributed by atoms with Crippen molar-refractivity contribution >= 4 is 63.5 Å². The van der Waals surface area contributed by atoms with E-state index in [1.54, 1.807) is 30.3 Å². The van der Waals surface area contributed by atoms with Crippen LogP contribution in [0.4, 0.5) is 5.69 Å². The maximum absolute atomic E-state index is 12.4. The lowest BCUT2D eigenvalue weighted by Crippen LogP contribution is -2.24. The molecule has 0 fully saturated rings. The summed E-state index contributed by atoms with van der Waals surface area (Å²) in [5, 5.41) is 15.2. The molecule has 7 nitrogen and oxygen atoms in total. The molecule has 1 heterocycles. The monoisotopic (exact) mass is 581 g/mol. The number of thioether (sulfide) groups is 1. The van der Waals surface area contributed by atoms with Crippen LogP contribution in [0.2, 0.25) is 5.02 Å². The van der Waals surface area contributed by atoms with Gasteiger partial charge < -0.3 is 15.2 Å². The highest BCUT2D eigenvalue weighted by molar-refractivity contribution is 14.1. The summed E-state index contributed by atoms with van der Waals surface area (Å²) in [4.78, 5) is 24.8. The van der Waals surface area contributed by atoms with Crippen LogP contribution in [0.3, 0.4) is 0 Å². The maximum atomic E-state index is 12.4. The lowest BCUT2D eigenvalue weighted by molar-refractivity contribution is -0.113. The third-order valence-corrected chi connectivity index (χ3v) is 6.27. The average Bonchev–Trinajstić information content (AvgIpc) is 3.14. The molecule has 3 rings (SSSR count). The molecule has 2 aromatic carbocycles. The van der Waals surface area contributed by atoms with Crippen molar-refractivity contribution in [1.82, 2.24) is 20.1 Å². The molecule has 0 saturated carbocycles. The largest absolute Gasteiger partial charge is 0.345 e. The van der Waals surface area contributed by atoms with Gasteiger partial charge in [0.25, 0.3) is 5.91 Å². The van der Waals surface area contributed by atoms with Gasteiger partial charge in [0.05, 0.1) is 12.3 Å². The predicted octanol–water partition coefficient (Wildman–Crippen LogP) is 4.69. The van der Waals surface area contributed by atoms with Gasteiger partial charge in [0.2, 0.25) is 5.91 Å². The first-order valence-corrected chi connectivity index (χ1v) is 12.1. The number of carbonyl (C=O) groups excluding carboxylic acids is 2. The Bertz CT molecular complexity index is 1150. The smallest absolute Gasteiger partial charge is 0.251 e. The van der Waals surface area contributed by atoms with E-state index < -0.39 is 0 Å². The van der Waals surface area contributed by atoms with Crippen molar-refractivity contribution in [2.45, 2.75) is 25.2 Å². The number of hydrogen-bond donors (Lipinski definition) is 2. The fourth-order valence-corrected chi connectivity index (χ4v) is 4.45. The predicted molar refractivity (Wildman–Crippen MR) is 136 cm³/mol. The fourth-order valence-electron chi connectivity index (χ4n) is 2.84. The Morgan fingerprint density at radius 3 is 2.78 bits per heavy atom. The van der Waals surface area contributed by atoms with E-state index in [1.165, 1.54) is 11.8 Å². The molecule has 0 aliphatic rings. The number of nitrogens with one attached hydrogen (secondary N) is 2. The summed E-state index contributed by atoms with van der Waals surface area (Å²) in [6.07, 6.45) is 1.71. The molecule has 0 bridgehead atoms. The number of rotatable bonds is 9. The molecule has 0 spiro atoms. The normalized spacial score (nSPS) is 10.6. The fraction of sp³-hybridized carbons (Fsp3) is 0.182. The van der Waals surface area contributed by atoms with E-state index in [9.17, 15) is 9.59 Å². The second kappa shape index (κ2) is 11.5. The second-order valence-electron chi connectivity index (χ2n) is 6.79. The van der Waals surface area contributed by atoms with Crippen LogP contribution in [0.15, 0.2) is 60.3 Å². The third kappa shape index (κ3) is 6.57. The first-order valence-electron chi connectivity index (χ1n) is 9.63.